The molecule has 0 atom stereocenters. The summed E-state index contributed by atoms with van der Waals surface area (Å²) >= 11 is 0. The molecular formula is C18H35AlO4. The fourth-order valence-electron chi connectivity index (χ4n) is 2.67. The summed E-state index contributed by atoms with van der Waals surface area (Å²) in [6.07, 6.45) is 16.7. The predicted octanol–water partition coefficient (Wildman–Crippen LogP) is 2.91. The topological polar surface area (TPSA) is 80.6 Å². The van der Waals surface area contributed by atoms with Gasteiger partial charge in [0.15, 0.2) is 0 Å². The Balaban J connectivity index is 0. The van der Waals surface area contributed by atoms with E-state index in [1.165, 1.54) is 64.2 Å². The van der Waals surface area contributed by atoms with Crippen molar-refractivity contribution in [3.8, 4) is 0 Å². The van der Waals surface area contributed by atoms with Gasteiger partial charge in [-0.05, 0) is 6.42 Å². The molecule has 5 heteroatoms. The zero-order valence-corrected chi connectivity index (χ0v) is 16.0. The van der Waals surface area contributed by atoms with Gasteiger partial charge in [-0.2, -0.15) is 0 Å². The minimum absolute atomic E-state index is 0. The van der Waals surface area contributed by atoms with E-state index < -0.39 is 11.8 Å². The zero-order valence-electron chi connectivity index (χ0n) is 14.9. The van der Waals surface area contributed by atoms with Crippen molar-refractivity contribution in [2.75, 3.05) is 0 Å². The van der Waals surface area contributed by atoms with Crippen molar-refractivity contribution >= 4 is 23.3 Å². The van der Waals surface area contributed by atoms with Crippen LogP contribution in [0.25, 0.3) is 0 Å². The Morgan fingerprint density at radius 3 is 1.35 bits per heavy atom. The first-order chi connectivity index (χ1) is 10.5. The van der Waals surface area contributed by atoms with E-state index in [1.807, 2.05) is 0 Å². The average molecular weight is 342 g/mol. The summed E-state index contributed by atoms with van der Waals surface area (Å²) in [6.45, 7) is 2.24. The summed E-state index contributed by atoms with van der Waals surface area (Å²) in [4.78, 5) is 10.4. The number of unbranched alkanes of at least 4 members (excludes halogenated alkanes) is 13. The Kier molecular flexibility index (Phi) is 18.3. The minimum atomic E-state index is -2.66. The summed E-state index contributed by atoms with van der Waals surface area (Å²) in [6, 6.07) is 0. The Labute approximate surface area is 152 Å². The van der Waals surface area contributed by atoms with Crippen LogP contribution in [0.2, 0.25) is 0 Å². The Hall–Kier alpha value is -0.0775. The number of hydrogen-bond donors (Lipinski definition) is 2. The van der Waals surface area contributed by atoms with Crippen LogP contribution < -0.4 is 5.11 Å². The van der Waals surface area contributed by atoms with Gasteiger partial charge in [0.05, 0.1) is 0 Å². The maximum Gasteiger partial charge on any atom is 1.00 e. The van der Waals surface area contributed by atoms with Gasteiger partial charge >= 0.3 is 17.4 Å². The smallest absolute Gasteiger partial charge is 0.544 e. The van der Waals surface area contributed by atoms with Crippen LogP contribution in [-0.2, 0) is 4.79 Å². The predicted molar refractivity (Wildman–Crippen MR) is 92.9 cm³/mol. The van der Waals surface area contributed by atoms with Gasteiger partial charge in [-0.15, -0.1) is 0 Å². The molecule has 0 aliphatic heterocycles. The van der Waals surface area contributed by atoms with Crippen LogP contribution in [0, 0.1) is 0 Å². The zero-order chi connectivity index (χ0) is 16.7. The molecule has 0 aliphatic rings. The molecular weight excluding hydrogens is 307 g/mol. The quantitative estimate of drug-likeness (QED) is 0.257. The van der Waals surface area contributed by atoms with Crippen molar-refractivity contribution in [1.82, 2.24) is 0 Å². The number of carbonyl (C=O) groups is 1. The molecule has 0 aliphatic carbocycles. The van der Waals surface area contributed by atoms with E-state index in [1.54, 1.807) is 0 Å². The number of carboxylic acid groups (broad SMARTS) is 1. The van der Waals surface area contributed by atoms with Crippen LogP contribution in [0.4, 0.5) is 0 Å². The molecule has 2 N–H and O–H groups in total. The van der Waals surface area contributed by atoms with Crippen molar-refractivity contribution in [3.63, 3.8) is 0 Å². The molecule has 0 aromatic heterocycles. The van der Waals surface area contributed by atoms with Crippen molar-refractivity contribution in [2.24, 2.45) is 0 Å². The number of aliphatic hydroxyl groups is 2. The van der Waals surface area contributed by atoms with Gasteiger partial charge in [-0.3, -0.25) is 0 Å². The third kappa shape index (κ3) is 16.6. The van der Waals surface area contributed by atoms with E-state index in [0.29, 0.717) is 6.42 Å². The summed E-state index contributed by atoms with van der Waals surface area (Å²) in [5, 5.41) is 28.5. The second-order valence-electron chi connectivity index (χ2n) is 6.45. The second kappa shape index (κ2) is 16.8. The molecule has 134 valence electrons. The van der Waals surface area contributed by atoms with Gasteiger partial charge in [0.1, 0.15) is 5.97 Å². The first-order valence-electron chi connectivity index (χ1n) is 9.17. The Morgan fingerprint density at radius 1 is 0.739 bits per heavy atom. The van der Waals surface area contributed by atoms with Crippen LogP contribution >= 0.6 is 0 Å². The SMILES string of the molecule is CCCCCCCCCCCCCCCCC(O)(O)C(=O)[O-].[Al+]. The number of rotatable bonds is 16. The average Bonchev–Trinajstić information content (AvgIpc) is 2.47. The van der Waals surface area contributed by atoms with Gasteiger partial charge < -0.3 is 20.1 Å². The van der Waals surface area contributed by atoms with Crippen molar-refractivity contribution in [1.29, 1.82) is 0 Å². The van der Waals surface area contributed by atoms with E-state index in [0.717, 1.165) is 19.3 Å². The molecule has 0 fully saturated rings. The van der Waals surface area contributed by atoms with Crippen molar-refractivity contribution in [2.45, 2.75) is 109 Å². The van der Waals surface area contributed by atoms with E-state index in [2.05, 4.69) is 6.92 Å². The summed E-state index contributed by atoms with van der Waals surface area (Å²) in [5.41, 5.74) is 0. The van der Waals surface area contributed by atoms with Crippen LogP contribution in [0.5, 0.6) is 0 Å². The molecule has 0 saturated carbocycles. The van der Waals surface area contributed by atoms with Crippen LogP contribution in [0.15, 0.2) is 0 Å². The van der Waals surface area contributed by atoms with E-state index in [9.17, 15) is 9.90 Å². The summed E-state index contributed by atoms with van der Waals surface area (Å²) in [7, 11) is 0. The first kappa shape index (κ1) is 25.2. The molecule has 4 nitrogen and oxygen atoms in total. The largest absolute Gasteiger partial charge is 1.00 e. The maximum atomic E-state index is 10.4. The second-order valence-corrected chi connectivity index (χ2v) is 6.45. The standard InChI is InChI=1S/C18H36O4.Al/c1-2-3-4-5-6-7-8-9-10-11-12-13-14-15-16-18(21,22)17(19)20;/h21-22H,2-16H2,1H3,(H,19,20);/q;+1/p-1. The molecule has 2 radical (unpaired) electrons. The molecule has 0 amide bonds. The van der Waals surface area contributed by atoms with E-state index in [-0.39, 0.29) is 23.8 Å². The normalized spacial score (nSPS) is 11.3. The third-order valence-electron chi connectivity index (χ3n) is 4.21. The molecule has 0 rings (SSSR count). The fourth-order valence-corrected chi connectivity index (χ4v) is 2.67. The van der Waals surface area contributed by atoms with E-state index >= 15 is 0 Å². The molecule has 0 heterocycles. The van der Waals surface area contributed by atoms with Gasteiger partial charge in [0.25, 0.3) is 0 Å². The summed E-state index contributed by atoms with van der Waals surface area (Å²) in [5.74, 6) is -4.46. The molecule has 0 unspecified atom stereocenters. The maximum absolute atomic E-state index is 10.4. The van der Waals surface area contributed by atoms with Gasteiger partial charge in [-0.25, -0.2) is 0 Å². The molecule has 0 aromatic carbocycles. The Bertz CT molecular complexity index is 270. The fraction of sp³-hybridized carbons (Fsp3) is 0.944. The number of carboxylic acids is 1. The summed E-state index contributed by atoms with van der Waals surface area (Å²) < 4.78 is 0. The van der Waals surface area contributed by atoms with Crippen LogP contribution in [-0.4, -0.2) is 39.3 Å². The Morgan fingerprint density at radius 2 is 1.04 bits per heavy atom. The molecule has 0 bridgehead atoms. The van der Waals surface area contributed by atoms with Crippen LogP contribution in [0.1, 0.15) is 103 Å². The van der Waals surface area contributed by atoms with Crippen molar-refractivity contribution in [3.05, 3.63) is 0 Å². The first-order valence-corrected chi connectivity index (χ1v) is 9.17. The van der Waals surface area contributed by atoms with Crippen LogP contribution in [0.3, 0.4) is 0 Å². The number of carbonyl (C=O) groups excluding carboxylic acids is 1. The van der Waals surface area contributed by atoms with Gasteiger partial charge in [-0.1, -0.05) is 90.4 Å². The molecule has 0 spiro atoms. The van der Waals surface area contributed by atoms with Gasteiger partial charge in [0.2, 0.25) is 5.79 Å². The van der Waals surface area contributed by atoms with E-state index in [4.69, 9.17) is 10.2 Å². The molecule has 0 saturated heterocycles. The molecule has 0 aromatic rings. The third-order valence-corrected chi connectivity index (χ3v) is 4.21. The van der Waals surface area contributed by atoms with Crippen molar-refractivity contribution < 1.29 is 20.1 Å². The number of hydrogen-bond acceptors (Lipinski definition) is 4. The monoisotopic (exact) mass is 342 g/mol. The van der Waals surface area contributed by atoms with Gasteiger partial charge in [0, 0.05) is 6.42 Å². The number of aliphatic carboxylic acids is 1. The minimum Gasteiger partial charge on any atom is -0.544 e. The molecule has 23 heavy (non-hydrogen) atoms.